The number of ether oxygens (including phenoxy) is 1. The first-order valence-corrected chi connectivity index (χ1v) is 6.15. The monoisotopic (exact) mass is 252 g/mol. The summed E-state index contributed by atoms with van der Waals surface area (Å²) in [5, 5.41) is 8.94. The number of hydrogen-bond donors (Lipinski definition) is 1. The van der Waals surface area contributed by atoms with Crippen molar-refractivity contribution in [3.63, 3.8) is 0 Å². The molecule has 2 aromatic rings. The van der Waals surface area contributed by atoms with Crippen LogP contribution in [0.2, 0.25) is 0 Å². The highest BCUT2D eigenvalue weighted by Crippen LogP contribution is 2.30. The summed E-state index contributed by atoms with van der Waals surface area (Å²) in [6.45, 7) is 3.87. The van der Waals surface area contributed by atoms with Crippen molar-refractivity contribution in [1.29, 1.82) is 5.26 Å². The molecular formula is C16H16N2O. The van der Waals surface area contributed by atoms with Crippen molar-refractivity contribution in [1.82, 2.24) is 0 Å². The second kappa shape index (κ2) is 5.55. The Morgan fingerprint density at radius 1 is 1.16 bits per heavy atom. The molecule has 0 saturated carbocycles. The van der Waals surface area contributed by atoms with Crippen molar-refractivity contribution in [2.24, 2.45) is 5.73 Å². The van der Waals surface area contributed by atoms with E-state index in [1.165, 1.54) is 0 Å². The molecule has 3 heteroatoms. The first-order valence-electron chi connectivity index (χ1n) is 6.15. The van der Waals surface area contributed by atoms with E-state index in [4.69, 9.17) is 15.7 Å². The molecule has 0 aromatic heterocycles. The fraction of sp³-hybridized carbons (Fsp3) is 0.188. The van der Waals surface area contributed by atoms with Crippen LogP contribution in [-0.4, -0.2) is 0 Å². The third kappa shape index (κ3) is 2.93. The van der Waals surface area contributed by atoms with E-state index in [9.17, 15) is 0 Å². The molecule has 0 spiro atoms. The molecule has 0 radical (unpaired) electrons. The molecule has 0 unspecified atom stereocenters. The van der Waals surface area contributed by atoms with Gasteiger partial charge in [0.05, 0.1) is 11.6 Å². The van der Waals surface area contributed by atoms with E-state index in [0.29, 0.717) is 11.3 Å². The molecule has 0 fully saturated rings. The number of para-hydroxylation sites is 1. The Kier molecular flexibility index (Phi) is 3.84. The van der Waals surface area contributed by atoms with Crippen molar-refractivity contribution < 1.29 is 4.74 Å². The van der Waals surface area contributed by atoms with Crippen LogP contribution < -0.4 is 10.5 Å². The topological polar surface area (TPSA) is 59.0 Å². The highest BCUT2D eigenvalue weighted by atomic mass is 16.5. The van der Waals surface area contributed by atoms with E-state index in [0.717, 1.165) is 16.9 Å². The summed E-state index contributed by atoms with van der Waals surface area (Å²) in [4.78, 5) is 0. The first kappa shape index (κ1) is 13.1. The van der Waals surface area contributed by atoms with Crippen LogP contribution in [0.3, 0.4) is 0 Å². The van der Waals surface area contributed by atoms with Crippen molar-refractivity contribution in [2.75, 3.05) is 0 Å². The number of hydrogen-bond acceptors (Lipinski definition) is 3. The highest BCUT2D eigenvalue weighted by molar-refractivity contribution is 5.46. The molecule has 2 aromatic carbocycles. The number of nitrogens with two attached hydrogens (primary N) is 1. The lowest BCUT2D eigenvalue weighted by Crippen LogP contribution is -2.06. The molecule has 19 heavy (non-hydrogen) atoms. The Hall–Kier alpha value is -2.31. The fourth-order valence-electron chi connectivity index (χ4n) is 1.85. The van der Waals surface area contributed by atoms with Gasteiger partial charge in [-0.05, 0) is 37.6 Å². The van der Waals surface area contributed by atoms with Crippen molar-refractivity contribution in [3.8, 4) is 17.6 Å². The van der Waals surface area contributed by atoms with Crippen molar-refractivity contribution >= 4 is 0 Å². The molecular weight excluding hydrogens is 236 g/mol. The number of aryl methyl sites for hydroxylation is 1. The maximum Gasteiger partial charge on any atom is 0.132 e. The molecule has 3 nitrogen and oxygen atoms in total. The number of nitriles is 1. The average molecular weight is 252 g/mol. The predicted octanol–water partition coefficient (Wildman–Crippen LogP) is 3.68. The number of benzene rings is 2. The maximum atomic E-state index is 8.94. The van der Waals surface area contributed by atoms with Crippen LogP contribution in [0.1, 0.15) is 29.7 Å². The van der Waals surface area contributed by atoms with Crippen LogP contribution in [0.5, 0.6) is 11.5 Å². The lowest BCUT2D eigenvalue weighted by molar-refractivity contribution is 0.468. The average Bonchev–Trinajstić information content (AvgIpc) is 2.41. The molecule has 2 rings (SSSR count). The van der Waals surface area contributed by atoms with Crippen LogP contribution in [0.15, 0.2) is 42.5 Å². The van der Waals surface area contributed by atoms with Crippen LogP contribution in [0.25, 0.3) is 0 Å². The third-order valence-corrected chi connectivity index (χ3v) is 2.95. The van der Waals surface area contributed by atoms with E-state index < -0.39 is 0 Å². The molecule has 0 aliphatic rings. The molecule has 0 amide bonds. The minimum absolute atomic E-state index is 0.101. The minimum atomic E-state index is -0.101. The summed E-state index contributed by atoms with van der Waals surface area (Å²) in [5.74, 6) is 1.42. The number of rotatable bonds is 3. The predicted molar refractivity (Wildman–Crippen MR) is 75.0 cm³/mol. The molecule has 2 N–H and O–H groups in total. The second-order valence-corrected chi connectivity index (χ2v) is 4.52. The maximum absolute atomic E-state index is 8.94. The van der Waals surface area contributed by atoms with Gasteiger partial charge < -0.3 is 10.5 Å². The molecule has 0 bridgehead atoms. The summed E-state index contributed by atoms with van der Waals surface area (Å²) in [7, 11) is 0. The second-order valence-electron chi connectivity index (χ2n) is 4.52. The normalized spacial score (nSPS) is 11.7. The van der Waals surface area contributed by atoms with Gasteiger partial charge >= 0.3 is 0 Å². The van der Waals surface area contributed by atoms with Crippen LogP contribution in [-0.2, 0) is 0 Å². The Bertz CT molecular complexity index is 627. The van der Waals surface area contributed by atoms with E-state index in [1.807, 2.05) is 44.2 Å². The lowest BCUT2D eigenvalue weighted by Gasteiger charge is -2.15. The number of nitrogens with zero attached hydrogens (tertiary/aromatic N) is 1. The van der Waals surface area contributed by atoms with Gasteiger partial charge in [-0.1, -0.05) is 24.3 Å². The van der Waals surface area contributed by atoms with Gasteiger partial charge in [0, 0.05) is 11.6 Å². The van der Waals surface area contributed by atoms with Gasteiger partial charge in [0.15, 0.2) is 0 Å². The quantitative estimate of drug-likeness (QED) is 0.906. The standard InChI is InChI=1S/C16H16N2O/c1-11-7-8-13(10-17)9-16(11)19-15-6-4-3-5-14(15)12(2)18/h3-9,12H,18H2,1-2H3/t12-/m0/s1. The zero-order valence-corrected chi connectivity index (χ0v) is 11.1. The largest absolute Gasteiger partial charge is 0.457 e. The van der Waals surface area contributed by atoms with Gasteiger partial charge in [-0.15, -0.1) is 0 Å². The fourth-order valence-corrected chi connectivity index (χ4v) is 1.85. The molecule has 0 aliphatic carbocycles. The van der Waals surface area contributed by atoms with Crippen molar-refractivity contribution in [2.45, 2.75) is 19.9 Å². The van der Waals surface area contributed by atoms with Crippen LogP contribution in [0, 0.1) is 18.3 Å². The highest BCUT2D eigenvalue weighted by Gasteiger charge is 2.09. The zero-order chi connectivity index (χ0) is 13.8. The zero-order valence-electron chi connectivity index (χ0n) is 11.1. The van der Waals surface area contributed by atoms with E-state index >= 15 is 0 Å². The summed E-state index contributed by atoms with van der Waals surface area (Å²) in [6.07, 6.45) is 0. The van der Waals surface area contributed by atoms with Gasteiger partial charge in [0.2, 0.25) is 0 Å². The third-order valence-electron chi connectivity index (χ3n) is 2.95. The molecule has 96 valence electrons. The Morgan fingerprint density at radius 2 is 1.89 bits per heavy atom. The minimum Gasteiger partial charge on any atom is -0.457 e. The summed E-state index contributed by atoms with van der Waals surface area (Å²) in [6, 6.07) is 15.1. The van der Waals surface area contributed by atoms with Crippen LogP contribution >= 0.6 is 0 Å². The van der Waals surface area contributed by atoms with Gasteiger partial charge in [0.1, 0.15) is 11.5 Å². The summed E-state index contributed by atoms with van der Waals surface area (Å²) >= 11 is 0. The Labute approximate surface area is 113 Å². The van der Waals surface area contributed by atoms with E-state index in [1.54, 1.807) is 12.1 Å². The molecule has 0 heterocycles. The SMILES string of the molecule is Cc1ccc(C#N)cc1Oc1ccccc1[C@H](C)N. The first-order chi connectivity index (χ1) is 9.11. The Morgan fingerprint density at radius 3 is 2.58 bits per heavy atom. The van der Waals surface area contributed by atoms with Gasteiger partial charge in [-0.25, -0.2) is 0 Å². The molecule has 0 saturated heterocycles. The smallest absolute Gasteiger partial charge is 0.132 e. The van der Waals surface area contributed by atoms with Crippen LogP contribution in [0.4, 0.5) is 0 Å². The van der Waals surface area contributed by atoms with Gasteiger partial charge in [0.25, 0.3) is 0 Å². The van der Waals surface area contributed by atoms with E-state index in [2.05, 4.69) is 6.07 Å². The lowest BCUT2D eigenvalue weighted by atomic mass is 10.1. The molecule has 1 atom stereocenters. The Balaban J connectivity index is 2.39. The van der Waals surface area contributed by atoms with Gasteiger partial charge in [-0.3, -0.25) is 0 Å². The molecule has 0 aliphatic heterocycles. The van der Waals surface area contributed by atoms with Crippen molar-refractivity contribution in [3.05, 3.63) is 59.2 Å². The summed E-state index contributed by atoms with van der Waals surface area (Å²) in [5.41, 5.74) is 8.45. The van der Waals surface area contributed by atoms with Gasteiger partial charge in [-0.2, -0.15) is 5.26 Å². The van der Waals surface area contributed by atoms with E-state index in [-0.39, 0.29) is 6.04 Å². The summed E-state index contributed by atoms with van der Waals surface area (Å²) < 4.78 is 5.91.